The van der Waals surface area contributed by atoms with Gasteiger partial charge in [-0.1, -0.05) is 72.8 Å². The molecule has 0 spiro atoms. The lowest BCUT2D eigenvalue weighted by atomic mass is 9.67. The second kappa shape index (κ2) is 7.32. The first-order chi connectivity index (χ1) is 12.8. The number of nitriles is 1. The van der Waals surface area contributed by atoms with Crippen molar-refractivity contribution in [3.63, 3.8) is 0 Å². The van der Waals surface area contributed by atoms with Gasteiger partial charge in [0.2, 0.25) is 0 Å². The minimum absolute atomic E-state index is 0.0669. The highest BCUT2D eigenvalue weighted by Crippen LogP contribution is 2.47. The summed E-state index contributed by atoms with van der Waals surface area (Å²) < 4.78 is 0. The highest BCUT2D eigenvalue weighted by atomic mass is 15.2. The summed E-state index contributed by atoms with van der Waals surface area (Å²) in [6.07, 6.45) is 6.30. The van der Waals surface area contributed by atoms with Crippen LogP contribution in [0.5, 0.6) is 0 Å². The van der Waals surface area contributed by atoms with Gasteiger partial charge in [-0.2, -0.15) is 5.26 Å². The second-order valence-corrected chi connectivity index (χ2v) is 7.31. The van der Waals surface area contributed by atoms with Crippen LogP contribution in [-0.2, 0) is 6.54 Å². The van der Waals surface area contributed by atoms with Gasteiger partial charge in [0.25, 0.3) is 0 Å². The molecule has 130 valence electrons. The molecule has 2 heterocycles. The fourth-order valence-corrected chi connectivity index (χ4v) is 4.66. The SMILES string of the molecule is C=CCC1[C@H]2C[C@H](C#N)[C@@H](C=C2c2ccccc2)N1Cc1ccccc1. The van der Waals surface area contributed by atoms with E-state index in [-0.39, 0.29) is 12.0 Å². The molecule has 2 aromatic carbocycles. The Kier molecular flexibility index (Phi) is 4.73. The Hall–Kier alpha value is -2.63. The van der Waals surface area contributed by atoms with Gasteiger partial charge in [0.15, 0.2) is 0 Å². The Morgan fingerprint density at radius 3 is 2.42 bits per heavy atom. The summed E-state index contributed by atoms with van der Waals surface area (Å²) in [6.45, 7) is 4.89. The van der Waals surface area contributed by atoms with Crippen LogP contribution in [0.25, 0.3) is 5.57 Å². The van der Waals surface area contributed by atoms with E-state index >= 15 is 0 Å². The molecule has 5 rings (SSSR count). The standard InChI is InChI=1S/C24H24N2/c1-2-9-23-22-14-20(16-25)24(15-21(22)19-12-7-4-8-13-19)26(23)17-18-10-5-3-6-11-18/h2-8,10-13,15,20,22-24H,1,9,14,17H2/t20-,22+,23?,24-/m1/s1. The van der Waals surface area contributed by atoms with Crippen molar-refractivity contribution in [1.29, 1.82) is 5.26 Å². The van der Waals surface area contributed by atoms with Gasteiger partial charge in [0.1, 0.15) is 0 Å². The first kappa shape index (κ1) is 16.8. The molecule has 0 saturated carbocycles. The molecule has 1 unspecified atom stereocenters. The summed E-state index contributed by atoms with van der Waals surface area (Å²) in [5.74, 6) is 0.450. The maximum Gasteiger partial charge on any atom is 0.0675 e. The second-order valence-electron chi connectivity index (χ2n) is 7.31. The molecule has 1 aliphatic carbocycles. The zero-order valence-electron chi connectivity index (χ0n) is 15.0. The molecule has 1 saturated heterocycles. The number of piperidine rings is 1. The normalized spacial score (nSPS) is 27.6. The van der Waals surface area contributed by atoms with E-state index in [4.69, 9.17) is 0 Å². The van der Waals surface area contributed by atoms with Crippen LogP contribution in [0, 0.1) is 23.2 Å². The molecule has 4 atom stereocenters. The van der Waals surface area contributed by atoms with Crippen LogP contribution < -0.4 is 0 Å². The molecule has 2 bridgehead atoms. The molecule has 0 aromatic heterocycles. The number of hydrogen-bond donors (Lipinski definition) is 0. The topological polar surface area (TPSA) is 27.0 Å². The van der Waals surface area contributed by atoms with Crippen molar-refractivity contribution in [3.05, 3.63) is 90.5 Å². The molecule has 0 amide bonds. The molecular formula is C24H24N2. The largest absolute Gasteiger partial charge is 0.287 e. The van der Waals surface area contributed by atoms with E-state index in [1.807, 2.05) is 6.08 Å². The van der Waals surface area contributed by atoms with Crippen molar-refractivity contribution in [2.24, 2.45) is 11.8 Å². The summed E-state index contributed by atoms with van der Waals surface area (Å²) in [4.78, 5) is 2.53. The minimum Gasteiger partial charge on any atom is -0.287 e. The summed E-state index contributed by atoms with van der Waals surface area (Å²) in [7, 11) is 0. The number of benzene rings is 2. The zero-order valence-corrected chi connectivity index (χ0v) is 15.0. The van der Waals surface area contributed by atoms with Crippen LogP contribution in [-0.4, -0.2) is 17.0 Å². The highest BCUT2D eigenvalue weighted by molar-refractivity contribution is 5.71. The summed E-state index contributed by atoms with van der Waals surface area (Å²) >= 11 is 0. The van der Waals surface area contributed by atoms with Crippen LogP contribution in [0.3, 0.4) is 0 Å². The summed E-state index contributed by atoms with van der Waals surface area (Å²) in [6, 6.07) is 24.4. The van der Waals surface area contributed by atoms with Crippen molar-refractivity contribution in [2.45, 2.75) is 31.5 Å². The van der Waals surface area contributed by atoms with Gasteiger partial charge in [-0.25, -0.2) is 0 Å². The van der Waals surface area contributed by atoms with Gasteiger partial charge >= 0.3 is 0 Å². The summed E-state index contributed by atoms with van der Waals surface area (Å²) in [5.41, 5.74) is 4.02. The molecule has 0 N–H and O–H groups in total. The third-order valence-electron chi connectivity index (χ3n) is 5.83. The lowest BCUT2D eigenvalue weighted by Gasteiger charge is -2.52. The fraction of sp³-hybridized carbons (Fsp3) is 0.292. The smallest absolute Gasteiger partial charge is 0.0675 e. The molecule has 2 aromatic rings. The average Bonchev–Trinajstić information content (AvgIpc) is 2.71. The van der Waals surface area contributed by atoms with E-state index in [1.54, 1.807) is 0 Å². The molecule has 2 nitrogen and oxygen atoms in total. The highest BCUT2D eigenvalue weighted by Gasteiger charge is 2.47. The third kappa shape index (κ3) is 3.00. The molecule has 2 heteroatoms. The lowest BCUT2D eigenvalue weighted by Crippen LogP contribution is -2.56. The molecule has 2 aliphatic heterocycles. The van der Waals surface area contributed by atoms with Gasteiger partial charge in [0.05, 0.1) is 12.0 Å². The Balaban J connectivity index is 1.74. The van der Waals surface area contributed by atoms with Crippen molar-refractivity contribution < 1.29 is 0 Å². The van der Waals surface area contributed by atoms with Crippen LogP contribution in [0.2, 0.25) is 0 Å². The summed E-state index contributed by atoms with van der Waals surface area (Å²) in [5, 5.41) is 9.74. The molecular weight excluding hydrogens is 316 g/mol. The van der Waals surface area contributed by atoms with E-state index < -0.39 is 0 Å². The third-order valence-corrected chi connectivity index (χ3v) is 5.83. The zero-order chi connectivity index (χ0) is 17.9. The first-order valence-corrected chi connectivity index (χ1v) is 9.39. The predicted molar refractivity (Wildman–Crippen MR) is 106 cm³/mol. The van der Waals surface area contributed by atoms with Gasteiger partial charge in [-0.05, 0) is 29.5 Å². The van der Waals surface area contributed by atoms with Crippen molar-refractivity contribution in [2.75, 3.05) is 0 Å². The van der Waals surface area contributed by atoms with Crippen LogP contribution in [0.1, 0.15) is 24.0 Å². The van der Waals surface area contributed by atoms with E-state index in [2.05, 4.69) is 84.3 Å². The number of fused-ring (bicyclic) bond motifs is 2. The molecule has 1 fully saturated rings. The maximum atomic E-state index is 9.74. The molecule has 0 radical (unpaired) electrons. The van der Waals surface area contributed by atoms with Crippen LogP contribution >= 0.6 is 0 Å². The predicted octanol–water partition coefficient (Wildman–Crippen LogP) is 5.06. The van der Waals surface area contributed by atoms with E-state index in [1.165, 1.54) is 16.7 Å². The Morgan fingerprint density at radius 1 is 1.08 bits per heavy atom. The van der Waals surface area contributed by atoms with Gasteiger partial charge in [-0.3, -0.25) is 4.90 Å². The van der Waals surface area contributed by atoms with Crippen LogP contribution in [0.15, 0.2) is 79.4 Å². The molecule has 26 heavy (non-hydrogen) atoms. The number of nitrogens with zero attached hydrogens (tertiary/aromatic N) is 2. The van der Waals surface area contributed by atoms with Crippen molar-refractivity contribution in [1.82, 2.24) is 4.90 Å². The number of rotatable bonds is 5. The van der Waals surface area contributed by atoms with Crippen LogP contribution in [0.4, 0.5) is 0 Å². The lowest BCUT2D eigenvalue weighted by molar-refractivity contribution is 0.0404. The first-order valence-electron chi connectivity index (χ1n) is 9.39. The van der Waals surface area contributed by atoms with Crippen molar-refractivity contribution >= 4 is 5.57 Å². The van der Waals surface area contributed by atoms with Gasteiger partial charge in [-0.15, -0.1) is 6.58 Å². The van der Waals surface area contributed by atoms with Crippen molar-refractivity contribution in [3.8, 4) is 6.07 Å². The van der Waals surface area contributed by atoms with Gasteiger partial charge < -0.3 is 0 Å². The van der Waals surface area contributed by atoms with Gasteiger partial charge in [0, 0.05) is 24.5 Å². The van der Waals surface area contributed by atoms with E-state index in [0.29, 0.717) is 12.0 Å². The van der Waals surface area contributed by atoms with E-state index in [0.717, 1.165) is 19.4 Å². The van der Waals surface area contributed by atoms with E-state index in [9.17, 15) is 5.26 Å². The fourth-order valence-electron chi connectivity index (χ4n) is 4.66. The molecule has 3 aliphatic rings. The average molecular weight is 340 g/mol. The minimum atomic E-state index is 0.0669. The maximum absolute atomic E-state index is 9.74. The Bertz CT molecular complexity index is 832. The Morgan fingerprint density at radius 2 is 1.77 bits per heavy atom. The quantitative estimate of drug-likeness (QED) is 0.712. The monoisotopic (exact) mass is 340 g/mol. The Labute approximate surface area is 156 Å². The number of hydrogen-bond acceptors (Lipinski definition) is 2.